The molecule has 0 bridgehead atoms. The number of carbonyl (C=O) groups is 1. The quantitative estimate of drug-likeness (QED) is 0.939. The monoisotopic (exact) mass is 284 g/mol. The van der Waals surface area contributed by atoms with Crippen LogP contribution in [0.15, 0.2) is 35.3 Å². The highest BCUT2D eigenvalue weighted by atomic mass is 35.5. The van der Waals surface area contributed by atoms with Crippen LogP contribution in [0.4, 0.5) is 0 Å². The van der Waals surface area contributed by atoms with E-state index in [0.717, 1.165) is 5.69 Å². The van der Waals surface area contributed by atoms with Crippen molar-refractivity contribution >= 4 is 29.1 Å². The second-order valence-corrected chi connectivity index (χ2v) is 4.45. The normalized spacial score (nSPS) is 10.3. The lowest BCUT2D eigenvalue weighted by Crippen LogP contribution is -2.26. The topological polar surface area (TPSA) is 55.1 Å². The zero-order chi connectivity index (χ0) is 13.0. The number of halogens is 2. The third-order valence-electron chi connectivity index (χ3n) is 2.33. The molecule has 94 valence electrons. The van der Waals surface area contributed by atoms with Crippen molar-refractivity contribution in [2.75, 3.05) is 6.54 Å². The average molecular weight is 285 g/mol. The summed E-state index contributed by atoms with van der Waals surface area (Å²) in [5.74, 6) is -0.236. The third kappa shape index (κ3) is 3.24. The minimum atomic E-state index is -0.236. The lowest BCUT2D eigenvalue weighted by atomic mass is 10.2. The summed E-state index contributed by atoms with van der Waals surface area (Å²) < 4.78 is 4.83. The van der Waals surface area contributed by atoms with Crippen molar-refractivity contribution in [1.82, 2.24) is 10.3 Å². The van der Waals surface area contributed by atoms with Crippen molar-refractivity contribution in [1.29, 1.82) is 0 Å². The first kappa shape index (κ1) is 12.9. The molecule has 0 unspecified atom stereocenters. The van der Waals surface area contributed by atoms with E-state index in [-0.39, 0.29) is 5.91 Å². The second kappa shape index (κ2) is 5.89. The number of oxazole rings is 1. The molecular weight excluding hydrogens is 275 g/mol. The Morgan fingerprint density at radius 3 is 2.89 bits per heavy atom. The molecule has 6 heteroatoms. The summed E-state index contributed by atoms with van der Waals surface area (Å²) in [6.07, 6.45) is 3.50. The first-order valence-corrected chi connectivity index (χ1v) is 6.03. The molecule has 0 aliphatic rings. The zero-order valence-corrected chi connectivity index (χ0v) is 10.8. The molecule has 1 aromatic carbocycles. The lowest BCUT2D eigenvalue weighted by Gasteiger charge is -2.06. The number of benzene rings is 1. The molecule has 2 rings (SSSR count). The largest absolute Gasteiger partial charge is 0.451 e. The Labute approximate surface area is 114 Å². The summed E-state index contributed by atoms with van der Waals surface area (Å²) in [6, 6.07) is 4.76. The standard InChI is InChI=1S/C12H10Cl2N2O2/c13-8-1-2-10(11(14)5-8)12(17)15-4-3-9-6-18-7-16-9/h1-2,5-7H,3-4H2,(H,15,17). The first-order chi connectivity index (χ1) is 8.66. The van der Waals surface area contributed by atoms with E-state index in [9.17, 15) is 4.79 Å². The van der Waals surface area contributed by atoms with Gasteiger partial charge in [0.2, 0.25) is 0 Å². The van der Waals surface area contributed by atoms with E-state index in [2.05, 4.69) is 10.3 Å². The number of amides is 1. The molecule has 0 saturated carbocycles. The highest BCUT2D eigenvalue weighted by Gasteiger charge is 2.10. The van der Waals surface area contributed by atoms with Crippen molar-refractivity contribution in [2.45, 2.75) is 6.42 Å². The van der Waals surface area contributed by atoms with E-state index in [1.807, 2.05) is 0 Å². The zero-order valence-electron chi connectivity index (χ0n) is 9.32. The maximum Gasteiger partial charge on any atom is 0.252 e. The maximum absolute atomic E-state index is 11.8. The Morgan fingerprint density at radius 1 is 1.39 bits per heavy atom. The summed E-state index contributed by atoms with van der Waals surface area (Å²) in [5.41, 5.74) is 1.19. The molecule has 0 fully saturated rings. The van der Waals surface area contributed by atoms with Gasteiger partial charge in [-0.05, 0) is 18.2 Å². The Balaban J connectivity index is 1.91. The van der Waals surface area contributed by atoms with Gasteiger partial charge in [-0.3, -0.25) is 4.79 Å². The number of rotatable bonds is 4. The van der Waals surface area contributed by atoms with E-state index in [4.69, 9.17) is 27.6 Å². The number of nitrogens with one attached hydrogen (secondary N) is 1. The third-order valence-corrected chi connectivity index (χ3v) is 2.87. The van der Waals surface area contributed by atoms with Gasteiger partial charge in [0.05, 0.1) is 16.3 Å². The van der Waals surface area contributed by atoms with E-state index in [0.29, 0.717) is 28.6 Å². The van der Waals surface area contributed by atoms with Crippen LogP contribution < -0.4 is 5.32 Å². The van der Waals surface area contributed by atoms with Crippen LogP contribution in [-0.2, 0) is 6.42 Å². The Hall–Kier alpha value is -1.52. The SMILES string of the molecule is O=C(NCCc1cocn1)c1ccc(Cl)cc1Cl. The van der Waals surface area contributed by atoms with Crippen LogP contribution in [0.5, 0.6) is 0 Å². The molecule has 18 heavy (non-hydrogen) atoms. The van der Waals surface area contributed by atoms with Gasteiger partial charge in [-0.25, -0.2) is 4.98 Å². The van der Waals surface area contributed by atoms with Gasteiger partial charge >= 0.3 is 0 Å². The van der Waals surface area contributed by atoms with Crippen LogP contribution in [-0.4, -0.2) is 17.4 Å². The van der Waals surface area contributed by atoms with Crippen molar-refractivity contribution in [3.63, 3.8) is 0 Å². The molecule has 0 aliphatic heterocycles. The molecule has 0 atom stereocenters. The second-order valence-electron chi connectivity index (χ2n) is 3.61. The van der Waals surface area contributed by atoms with E-state index >= 15 is 0 Å². The lowest BCUT2D eigenvalue weighted by molar-refractivity contribution is 0.0954. The molecular formula is C12H10Cl2N2O2. The maximum atomic E-state index is 11.8. The Kier molecular flexibility index (Phi) is 4.23. The summed E-state index contributed by atoms with van der Waals surface area (Å²) in [6.45, 7) is 0.463. The molecule has 0 spiro atoms. The summed E-state index contributed by atoms with van der Waals surface area (Å²) in [5, 5.41) is 3.58. The smallest absolute Gasteiger partial charge is 0.252 e. The van der Waals surface area contributed by atoms with Crippen molar-refractivity contribution in [3.8, 4) is 0 Å². The minimum Gasteiger partial charge on any atom is -0.451 e. The summed E-state index contributed by atoms with van der Waals surface area (Å²) in [4.78, 5) is 15.8. The molecule has 0 aliphatic carbocycles. The van der Waals surface area contributed by atoms with Crippen LogP contribution >= 0.6 is 23.2 Å². The van der Waals surface area contributed by atoms with Gasteiger partial charge in [0, 0.05) is 18.0 Å². The van der Waals surface area contributed by atoms with Gasteiger partial charge in [0.15, 0.2) is 6.39 Å². The fraction of sp³-hybridized carbons (Fsp3) is 0.167. The van der Waals surface area contributed by atoms with E-state index < -0.39 is 0 Å². The van der Waals surface area contributed by atoms with Crippen LogP contribution in [0.25, 0.3) is 0 Å². The number of carbonyl (C=O) groups excluding carboxylic acids is 1. The van der Waals surface area contributed by atoms with Gasteiger partial charge < -0.3 is 9.73 Å². The highest BCUT2D eigenvalue weighted by molar-refractivity contribution is 6.36. The molecule has 1 N–H and O–H groups in total. The predicted molar refractivity (Wildman–Crippen MR) is 69.0 cm³/mol. The molecule has 2 aromatic rings. The van der Waals surface area contributed by atoms with Gasteiger partial charge in [0.25, 0.3) is 5.91 Å². The van der Waals surface area contributed by atoms with Gasteiger partial charge in [-0.15, -0.1) is 0 Å². The van der Waals surface area contributed by atoms with Crippen LogP contribution in [0.3, 0.4) is 0 Å². The van der Waals surface area contributed by atoms with Crippen molar-refractivity contribution in [3.05, 3.63) is 52.2 Å². The van der Waals surface area contributed by atoms with Gasteiger partial charge in [-0.2, -0.15) is 0 Å². The molecule has 1 aromatic heterocycles. The number of hydrogen-bond donors (Lipinski definition) is 1. The highest BCUT2D eigenvalue weighted by Crippen LogP contribution is 2.20. The fourth-order valence-electron chi connectivity index (χ4n) is 1.43. The fourth-order valence-corrected chi connectivity index (χ4v) is 1.93. The molecule has 0 saturated heterocycles. The molecule has 0 radical (unpaired) electrons. The van der Waals surface area contributed by atoms with Crippen LogP contribution in [0.1, 0.15) is 16.1 Å². The van der Waals surface area contributed by atoms with Crippen LogP contribution in [0, 0.1) is 0 Å². The van der Waals surface area contributed by atoms with E-state index in [1.165, 1.54) is 12.5 Å². The predicted octanol–water partition coefficient (Wildman–Crippen LogP) is 2.95. The Bertz CT molecular complexity index is 541. The first-order valence-electron chi connectivity index (χ1n) is 5.27. The number of aromatic nitrogens is 1. The number of hydrogen-bond acceptors (Lipinski definition) is 3. The van der Waals surface area contributed by atoms with E-state index in [1.54, 1.807) is 18.4 Å². The summed E-state index contributed by atoms with van der Waals surface area (Å²) in [7, 11) is 0. The molecule has 1 amide bonds. The van der Waals surface area contributed by atoms with Crippen molar-refractivity contribution in [2.24, 2.45) is 0 Å². The molecule has 4 nitrogen and oxygen atoms in total. The van der Waals surface area contributed by atoms with Gasteiger partial charge in [0.1, 0.15) is 6.26 Å². The summed E-state index contributed by atoms with van der Waals surface area (Å²) >= 11 is 11.7. The Morgan fingerprint density at radius 2 is 2.22 bits per heavy atom. The molecule has 1 heterocycles. The van der Waals surface area contributed by atoms with Crippen molar-refractivity contribution < 1.29 is 9.21 Å². The average Bonchev–Trinajstić information content (AvgIpc) is 2.81. The number of nitrogens with zero attached hydrogens (tertiary/aromatic N) is 1. The van der Waals surface area contributed by atoms with Crippen LogP contribution in [0.2, 0.25) is 10.0 Å². The minimum absolute atomic E-state index is 0.236. The van der Waals surface area contributed by atoms with Gasteiger partial charge in [-0.1, -0.05) is 23.2 Å².